The first-order valence-corrected chi connectivity index (χ1v) is 8.41. The van der Waals surface area contributed by atoms with Crippen LogP contribution in [0.3, 0.4) is 0 Å². The van der Waals surface area contributed by atoms with Gasteiger partial charge in [0.15, 0.2) is 16.6 Å². The minimum atomic E-state index is -0.252. The fourth-order valence-electron chi connectivity index (χ4n) is 2.30. The van der Waals surface area contributed by atoms with Gasteiger partial charge >= 0.3 is 0 Å². The minimum absolute atomic E-state index is 0.0448. The molecule has 0 atom stereocenters. The summed E-state index contributed by atoms with van der Waals surface area (Å²) in [7, 11) is 0. The van der Waals surface area contributed by atoms with E-state index in [0.717, 1.165) is 17.1 Å². The van der Waals surface area contributed by atoms with Crippen molar-refractivity contribution in [3.63, 3.8) is 0 Å². The first-order chi connectivity index (χ1) is 11.3. The summed E-state index contributed by atoms with van der Waals surface area (Å²) in [5.74, 6) is 1.46. The SMILES string of the molecule is CCN(CC(=O)NC(C)(C)C)C(=S)NCc1ccc2c(c1)OCO2. The van der Waals surface area contributed by atoms with Crippen molar-refractivity contribution in [1.82, 2.24) is 15.5 Å². The van der Waals surface area contributed by atoms with Gasteiger partial charge in [0.1, 0.15) is 0 Å². The summed E-state index contributed by atoms with van der Waals surface area (Å²) >= 11 is 5.41. The lowest BCUT2D eigenvalue weighted by Crippen LogP contribution is -2.49. The summed E-state index contributed by atoms with van der Waals surface area (Å²) in [6.45, 7) is 9.56. The number of amides is 1. The molecule has 24 heavy (non-hydrogen) atoms. The van der Waals surface area contributed by atoms with E-state index in [1.807, 2.05) is 50.8 Å². The summed E-state index contributed by atoms with van der Waals surface area (Å²) in [5.41, 5.74) is 0.787. The zero-order chi connectivity index (χ0) is 17.7. The third kappa shape index (κ3) is 5.26. The predicted octanol–water partition coefficient (Wildman–Crippen LogP) is 2.03. The molecule has 7 heteroatoms. The lowest BCUT2D eigenvalue weighted by molar-refractivity contribution is -0.122. The average Bonchev–Trinajstić information content (AvgIpc) is 2.96. The van der Waals surface area contributed by atoms with E-state index in [1.54, 1.807) is 0 Å². The third-order valence-electron chi connectivity index (χ3n) is 3.40. The van der Waals surface area contributed by atoms with Gasteiger partial charge in [-0.3, -0.25) is 4.79 Å². The van der Waals surface area contributed by atoms with Gasteiger partial charge in [-0.2, -0.15) is 0 Å². The van der Waals surface area contributed by atoms with Crippen molar-refractivity contribution in [3.05, 3.63) is 23.8 Å². The Morgan fingerprint density at radius 1 is 1.29 bits per heavy atom. The molecule has 1 aliphatic heterocycles. The molecule has 0 saturated heterocycles. The molecule has 0 aromatic heterocycles. The average molecular weight is 351 g/mol. The Labute approximate surface area is 148 Å². The number of thiocarbonyl (C=S) groups is 1. The summed E-state index contributed by atoms with van der Waals surface area (Å²) in [6, 6.07) is 5.78. The van der Waals surface area contributed by atoms with Gasteiger partial charge in [0, 0.05) is 18.6 Å². The van der Waals surface area contributed by atoms with Crippen molar-refractivity contribution in [2.75, 3.05) is 19.9 Å². The fraction of sp³-hybridized carbons (Fsp3) is 0.529. The van der Waals surface area contributed by atoms with E-state index in [1.165, 1.54) is 0 Å². The smallest absolute Gasteiger partial charge is 0.240 e. The number of likely N-dealkylation sites (N-methyl/N-ethyl adjacent to an activating group) is 1. The maximum atomic E-state index is 12.1. The zero-order valence-corrected chi connectivity index (χ0v) is 15.5. The highest BCUT2D eigenvalue weighted by Gasteiger charge is 2.18. The highest BCUT2D eigenvalue weighted by atomic mass is 32.1. The van der Waals surface area contributed by atoms with Gasteiger partial charge in [-0.15, -0.1) is 0 Å². The molecule has 1 aromatic rings. The lowest BCUT2D eigenvalue weighted by atomic mass is 10.1. The Bertz CT molecular complexity index is 614. The molecular weight excluding hydrogens is 326 g/mol. The van der Waals surface area contributed by atoms with Crippen molar-refractivity contribution < 1.29 is 14.3 Å². The monoisotopic (exact) mass is 351 g/mol. The van der Waals surface area contributed by atoms with Crippen LogP contribution in [0.15, 0.2) is 18.2 Å². The molecule has 0 saturated carbocycles. The Balaban J connectivity index is 1.86. The molecule has 0 unspecified atom stereocenters. The van der Waals surface area contributed by atoms with Gasteiger partial charge < -0.3 is 25.0 Å². The molecule has 132 valence electrons. The number of ether oxygens (including phenoxy) is 2. The van der Waals surface area contributed by atoms with Gasteiger partial charge in [-0.1, -0.05) is 6.07 Å². The minimum Gasteiger partial charge on any atom is -0.454 e. The molecule has 6 nitrogen and oxygen atoms in total. The van der Waals surface area contributed by atoms with Crippen LogP contribution in [0.2, 0.25) is 0 Å². The Kier molecular flexibility index (Phi) is 5.88. The second-order valence-corrected chi connectivity index (χ2v) is 7.05. The van der Waals surface area contributed by atoms with E-state index in [9.17, 15) is 4.79 Å². The van der Waals surface area contributed by atoms with E-state index in [2.05, 4.69) is 10.6 Å². The molecule has 2 N–H and O–H groups in total. The van der Waals surface area contributed by atoms with Gasteiger partial charge in [-0.25, -0.2) is 0 Å². The van der Waals surface area contributed by atoms with Crippen molar-refractivity contribution in [3.8, 4) is 11.5 Å². The molecule has 1 aromatic carbocycles. The number of rotatable bonds is 5. The van der Waals surface area contributed by atoms with Crippen LogP contribution in [0.25, 0.3) is 0 Å². The van der Waals surface area contributed by atoms with Crippen LogP contribution in [-0.2, 0) is 11.3 Å². The maximum Gasteiger partial charge on any atom is 0.240 e. The largest absolute Gasteiger partial charge is 0.454 e. The number of hydrogen-bond donors (Lipinski definition) is 2. The zero-order valence-electron chi connectivity index (χ0n) is 14.6. The van der Waals surface area contributed by atoms with Crippen LogP contribution in [0.4, 0.5) is 0 Å². The van der Waals surface area contributed by atoms with Crippen molar-refractivity contribution in [2.45, 2.75) is 39.8 Å². The molecule has 1 amide bonds. The number of hydrogen-bond acceptors (Lipinski definition) is 4. The van der Waals surface area contributed by atoms with E-state index in [-0.39, 0.29) is 24.8 Å². The first kappa shape index (κ1) is 18.3. The molecule has 0 radical (unpaired) electrons. The van der Waals surface area contributed by atoms with Crippen molar-refractivity contribution >= 4 is 23.2 Å². The normalized spacial score (nSPS) is 12.7. The quantitative estimate of drug-likeness (QED) is 0.792. The maximum absolute atomic E-state index is 12.1. The highest BCUT2D eigenvalue weighted by molar-refractivity contribution is 7.80. The van der Waals surface area contributed by atoms with Crippen LogP contribution in [-0.4, -0.2) is 41.3 Å². The van der Waals surface area contributed by atoms with E-state index in [0.29, 0.717) is 18.2 Å². The summed E-state index contributed by atoms with van der Waals surface area (Å²) in [5, 5.41) is 6.69. The molecule has 0 aliphatic carbocycles. The van der Waals surface area contributed by atoms with Crippen LogP contribution in [0.5, 0.6) is 11.5 Å². The van der Waals surface area contributed by atoms with E-state index in [4.69, 9.17) is 21.7 Å². The fourth-order valence-corrected chi connectivity index (χ4v) is 2.56. The Morgan fingerprint density at radius 3 is 2.67 bits per heavy atom. The van der Waals surface area contributed by atoms with Crippen LogP contribution in [0.1, 0.15) is 33.3 Å². The summed E-state index contributed by atoms with van der Waals surface area (Å²) in [6.07, 6.45) is 0. The van der Waals surface area contributed by atoms with Gasteiger partial charge in [0.05, 0.1) is 6.54 Å². The van der Waals surface area contributed by atoms with E-state index >= 15 is 0 Å². The van der Waals surface area contributed by atoms with Gasteiger partial charge in [-0.05, 0) is 57.6 Å². The molecule has 1 aliphatic rings. The van der Waals surface area contributed by atoms with Gasteiger partial charge in [0.25, 0.3) is 0 Å². The molecular formula is C17H25N3O3S. The second kappa shape index (κ2) is 7.70. The highest BCUT2D eigenvalue weighted by Crippen LogP contribution is 2.32. The number of fused-ring (bicyclic) bond motifs is 1. The van der Waals surface area contributed by atoms with Crippen LogP contribution < -0.4 is 20.1 Å². The van der Waals surface area contributed by atoms with Crippen molar-refractivity contribution in [1.29, 1.82) is 0 Å². The molecule has 0 bridgehead atoms. The number of nitrogens with zero attached hydrogens (tertiary/aromatic N) is 1. The molecule has 2 rings (SSSR count). The lowest BCUT2D eigenvalue weighted by Gasteiger charge is -2.27. The number of carbonyl (C=O) groups excluding carboxylic acids is 1. The topological polar surface area (TPSA) is 62.8 Å². The van der Waals surface area contributed by atoms with E-state index < -0.39 is 0 Å². The number of nitrogens with one attached hydrogen (secondary N) is 2. The molecule has 0 fully saturated rings. The Morgan fingerprint density at radius 2 is 2.00 bits per heavy atom. The standard InChI is InChI=1S/C17H25N3O3S/c1-5-20(10-15(21)19-17(2,3)4)16(24)18-9-12-6-7-13-14(8-12)23-11-22-13/h6-8H,5,9-11H2,1-4H3,(H,18,24)(H,19,21). The summed E-state index contributed by atoms with van der Waals surface area (Å²) in [4.78, 5) is 13.9. The second-order valence-electron chi connectivity index (χ2n) is 6.66. The third-order valence-corrected chi connectivity index (χ3v) is 3.80. The molecule has 0 spiro atoms. The number of benzene rings is 1. The number of carbonyl (C=O) groups is 1. The molecule has 1 heterocycles. The van der Waals surface area contributed by atoms with Gasteiger partial charge in [0.2, 0.25) is 12.7 Å². The predicted molar refractivity (Wildman–Crippen MR) is 97.1 cm³/mol. The van der Waals surface area contributed by atoms with Crippen molar-refractivity contribution in [2.24, 2.45) is 0 Å². The van der Waals surface area contributed by atoms with Crippen LogP contribution in [0, 0.1) is 0 Å². The van der Waals surface area contributed by atoms with Crippen LogP contribution >= 0.6 is 12.2 Å². The first-order valence-electron chi connectivity index (χ1n) is 8.01. The Hall–Kier alpha value is -2.02. The summed E-state index contributed by atoms with van der Waals surface area (Å²) < 4.78 is 10.7.